The molecule has 1 unspecified atom stereocenters. The molecule has 0 aromatic carbocycles. The molecule has 2 aliphatic heterocycles. The van der Waals surface area contributed by atoms with Crippen LogP contribution in [0.25, 0.3) is 0 Å². The number of H-pyrrole nitrogens is 1. The Kier molecular flexibility index (Phi) is 14.0. The number of aromatic nitrogens is 2. The van der Waals surface area contributed by atoms with Crippen molar-refractivity contribution in [1.29, 1.82) is 0 Å². The van der Waals surface area contributed by atoms with E-state index in [0.29, 0.717) is 6.61 Å². The summed E-state index contributed by atoms with van der Waals surface area (Å²) in [6.07, 6.45) is 16.3. The molecule has 3 rings (SSSR count). The van der Waals surface area contributed by atoms with Gasteiger partial charge in [-0.2, -0.15) is 0 Å². The molecular weight excluding hydrogens is 547 g/mol. The summed E-state index contributed by atoms with van der Waals surface area (Å²) in [5.74, 6) is 0.303. The molecule has 1 aromatic heterocycles. The second-order valence-electron chi connectivity index (χ2n) is 11.6. The van der Waals surface area contributed by atoms with E-state index in [-0.39, 0.29) is 6.61 Å². The Morgan fingerprint density at radius 2 is 1.49 bits per heavy atom. The van der Waals surface area contributed by atoms with Gasteiger partial charge in [-0.25, -0.2) is 4.79 Å². The van der Waals surface area contributed by atoms with E-state index in [9.17, 15) is 14.2 Å². The lowest BCUT2D eigenvalue weighted by molar-refractivity contribution is -0.200. The lowest BCUT2D eigenvalue weighted by atomic mass is 10.0. The van der Waals surface area contributed by atoms with E-state index in [0.717, 1.165) is 19.3 Å². The summed E-state index contributed by atoms with van der Waals surface area (Å²) in [6, 6.07) is 1.24. The maximum atomic E-state index is 13.2. The minimum Gasteiger partial charge on any atom is -0.346 e. The minimum absolute atomic E-state index is 0.1000. The number of fused-ring (bicyclic) bond motifs is 1. The molecule has 11 heteroatoms. The van der Waals surface area contributed by atoms with Crippen LogP contribution in [0.4, 0.5) is 0 Å². The molecule has 0 saturated carbocycles. The summed E-state index contributed by atoms with van der Waals surface area (Å²) in [6.45, 7) is 9.66. The number of ether oxygens (including phenoxy) is 3. The summed E-state index contributed by atoms with van der Waals surface area (Å²) in [5, 5.41) is 0. The van der Waals surface area contributed by atoms with Crippen LogP contribution in [0.15, 0.2) is 34.2 Å². The van der Waals surface area contributed by atoms with Crippen molar-refractivity contribution in [3.8, 4) is 0 Å². The highest BCUT2D eigenvalue weighted by Gasteiger charge is 2.56. The van der Waals surface area contributed by atoms with Crippen molar-refractivity contribution in [2.75, 3.05) is 13.2 Å². The van der Waals surface area contributed by atoms with Crippen LogP contribution in [-0.2, 0) is 27.8 Å². The smallest absolute Gasteiger partial charge is 0.346 e. The Bertz CT molecular complexity index is 1090. The molecule has 0 amide bonds. The molecule has 0 aliphatic carbocycles. The number of hydrogen-bond donors (Lipinski definition) is 1. The van der Waals surface area contributed by atoms with Gasteiger partial charge < -0.3 is 23.3 Å². The summed E-state index contributed by atoms with van der Waals surface area (Å²) in [4.78, 5) is 26.1. The second-order valence-corrected chi connectivity index (χ2v) is 13.6. The first kappa shape index (κ1) is 33.9. The first-order valence-electron chi connectivity index (χ1n) is 15.5. The number of aromatic amines is 1. The van der Waals surface area contributed by atoms with Crippen LogP contribution in [0.2, 0.25) is 0 Å². The predicted molar refractivity (Wildman–Crippen MR) is 159 cm³/mol. The zero-order valence-corrected chi connectivity index (χ0v) is 26.1. The number of rotatable bonds is 21. The standard InChI is InChI=1S/C30H51N2O8P/c1-5-7-8-9-10-11-12-13-14-15-16-17-18-19-22-36-41(35,6-2)37-23-24-26-27(40-30(3,4)39-26)28(38-24)32-21-20-25(33)31-29(32)34/h6,20-21,24,26-28H,2,5,7-19,22-23H2,1,3-4H3,(H,31,33,34)/t24-,26-,27-,28-,41?/m1/s1. The van der Waals surface area contributed by atoms with E-state index in [2.05, 4.69) is 18.5 Å². The van der Waals surface area contributed by atoms with Gasteiger partial charge >= 0.3 is 13.3 Å². The van der Waals surface area contributed by atoms with Gasteiger partial charge in [0, 0.05) is 18.1 Å². The van der Waals surface area contributed by atoms with Gasteiger partial charge in [-0.1, -0.05) is 97.0 Å². The molecule has 10 nitrogen and oxygen atoms in total. The zero-order valence-electron chi connectivity index (χ0n) is 25.2. The SMILES string of the molecule is C=CP(=O)(OCCCCCCCCCCCCCCCC)OC[C@H]1O[C@@H](n2ccc(=O)[nH]c2=O)[C@@H]2OC(C)(C)O[C@@H]21. The molecular formula is C30H51N2O8P. The molecule has 0 spiro atoms. The van der Waals surface area contributed by atoms with Crippen molar-refractivity contribution in [1.82, 2.24) is 9.55 Å². The van der Waals surface area contributed by atoms with Gasteiger partial charge in [-0.05, 0) is 20.3 Å². The fraction of sp³-hybridized carbons (Fsp3) is 0.800. The van der Waals surface area contributed by atoms with Crippen LogP contribution in [0.5, 0.6) is 0 Å². The van der Waals surface area contributed by atoms with Crippen LogP contribution in [0.1, 0.15) is 117 Å². The van der Waals surface area contributed by atoms with E-state index in [4.69, 9.17) is 23.3 Å². The maximum absolute atomic E-state index is 13.2. The summed E-state index contributed by atoms with van der Waals surface area (Å²) >= 11 is 0. The normalized spacial score (nSPS) is 24.8. The van der Waals surface area contributed by atoms with E-state index in [1.807, 2.05) is 0 Å². The predicted octanol–water partition coefficient (Wildman–Crippen LogP) is 6.81. The van der Waals surface area contributed by atoms with Crippen LogP contribution >= 0.6 is 7.60 Å². The molecule has 2 saturated heterocycles. The second kappa shape index (κ2) is 16.9. The van der Waals surface area contributed by atoms with Gasteiger partial charge in [0.25, 0.3) is 5.56 Å². The van der Waals surface area contributed by atoms with Crippen LogP contribution < -0.4 is 11.2 Å². The molecule has 0 radical (unpaired) electrons. The third-order valence-corrected chi connectivity index (χ3v) is 9.16. The topological polar surface area (TPSA) is 118 Å². The molecule has 41 heavy (non-hydrogen) atoms. The lowest BCUT2D eigenvalue weighted by Crippen LogP contribution is -2.37. The average molecular weight is 599 g/mol. The summed E-state index contributed by atoms with van der Waals surface area (Å²) < 4.78 is 43.8. The third-order valence-electron chi connectivity index (χ3n) is 7.66. The molecule has 234 valence electrons. The maximum Gasteiger partial charge on any atom is 0.353 e. The Morgan fingerprint density at radius 1 is 0.927 bits per heavy atom. The molecule has 1 N–H and O–H groups in total. The van der Waals surface area contributed by atoms with Crippen molar-refractivity contribution >= 4 is 7.60 Å². The molecule has 5 atom stereocenters. The highest BCUT2D eigenvalue weighted by Crippen LogP contribution is 2.51. The van der Waals surface area contributed by atoms with Crippen molar-refractivity contribution in [2.45, 2.75) is 141 Å². The molecule has 1 aromatic rings. The van der Waals surface area contributed by atoms with Crippen molar-refractivity contribution in [3.63, 3.8) is 0 Å². The number of unbranched alkanes of at least 4 members (excludes halogenated alkanes) is 13. The summed E-state index contributed by atoms with van der Waals surface area (Å²) in [5.41, 5.74) is -1.13. The summed E-state index contributed by atoms with van der Waals surface area (Å²) in [7, 11) is -3.54. The van der Waals surface area contributed by atoms with Crippen molar-refractivity contribution in [2.24, 2.45) is 0 Å². The van der Waals surface area contributed by atoms with Gasteiger partial charge in [0.2, 0.25) is 0 Å². The first-order chi connectivity index (χ1) is 19.7. The molecule has 0 bridgehead atoms. The van der Waals surface area contributed by atoms with Gasteiger partial charge in [0.05, 0.1) is 13.2 Å². The average Bonchev–Trinajstić information content (AvgIpc) is 3.42. The number of nitrogens with zero attached hydrogens (tertiary/aromatic N) is 1. The van der Waals surface area contributed by atoms with Crippen LogP contribution in [0.3, 0.4) is 0 Å². The third kappa shape index (κ3) is 10.9. The van der Waals surface area contributed by atoms with Crippen molar-refractivity contribution < 1.29 is 27.8 Å². The first-order valence-corrected chi connectivity index (χ1v) is 17.1. The monoisotopic (exact) mass is 598 g/mol. The molecule has 2 fully saturated rings. The van der Waals surface area contributed by atoms with Crippen LogP contribution in [0, 0.1) is 0 Å². The lowest BCUT2D eigenvalue weighted by Gasteiger charge is -2.25. The van der Waals surface area contributed by atoms with Crippen molar-refractivity contribution in [3.05, 3.63) is 45.5 Å². The minimum atomic E-state index is -3.54. The Labute approximate surface area is 244 Å². The largest absolute Gasteiger partial charge is 0.353 e. The highest BCUT2D eigenvalue weighted by molar-refractivity contribution is 7.57. The molecule has 3 heterocycles. The van der Waals surface area contributed by atoms with Gasteiger partial charge in [0.1, 0.15) is 18.3 Å². The van der Waals surface area contributed by atoms with Crippen LogP contribution in [-0.4, -0.2) is 46.9 Å². The fourth-order valence-electron chi connectivity index (χ4n) is 5.45. The quantitative estimate of drug-likeness (QED) is 0.121. The van der Waals surface area contributed by atoms with E-state index < -0.39 is 49.2 Å². The molecule has 2 aliphatic rings. The Balaban J connectivity index is 1.34. The Hall–Kier alpha value is -1.55. The van der Waals surface area contributed by atoms with Gasteiger partial charge in [-0.3, -0.25) is 18.9 Å². The van der Waals surface area contributed by atoms with E-state index in [1.165, 1.54) is 93.3 Å². The number of nitrogens with one attached hydrogen (secondary N) is 1. The Morgan fingerprint density at radius 3 is 2.05 bits per heavy atom. The fourth-order valence-corrected chi connectivity index (χ4v) is 6.48. The number of hydrogen-bond acceptors (Lipinski definition) is 8. The van der Waals surface area contributed by atoms with Gasteiger partial charge in [-0.15, -0.1) is 0 Å². The highest BCUT2D eigenvalue weighted by atomic mass is 31.2. The van der Waals surface area contributed by atoms with E-state index >= 15 is 0 Å². The van der Waals surface area contributed by atoms with Gasteiger partial charge in [0.15, 0.2) is 12.0 Å². The zero-order chi connectivity index (χ0) is 29.7. The van der Waals surface area contributed by atoms with E-state index in [1.54, 1.807) is 13.8 Å².